The highest BCUT2D eigenvalue weighted by molar-refractivity contribution is 8.14. The number of hydrazone groups is 1. The molecule has 2 atom stereocenters. The molecule has 3 aromatic carbocycles. The molecule has 29 heavy (non-hydrogen) atoms. The van der Waals surface area contributed by atoms with Crippen molar-refractivity contribution in [3.8, 4) is 0 Å². The Labute approximate surface area is 173 Å². The van der Waals surface area contributed by atoms with Gasteiger partial charge in [0, 0.05) is 22.6 Å². The van der Waals surface area contributed by atoms with Gasteiger partial charge in [-0.15, -0.1) is 11.7 Å². The fraction of sp³-hybridized carbons (Fsp3) is 0.130. The van der Waals surface area contributed by atoms with Gasteiger partial charge in [-0.2, -0.15) is 0 Å². The Bertz CT molecular complexity index is 1140. The zero-order valence-electron chi connectivity index (χ0n) is 15.7. The van der Waals surface area contributed by atoms with Crippen LogP contribution in [0.25, 0.3) is 10.8 Å². The van der Waals surface area contributed by atoms with Crippen molar-refractivity contribution in [1.82, 2.24) is 10.3 Å². The van der Waals surface area contributed by atoms with Crippen LogP contribution < -0.4 is 10.6 Å². The summed E-state index contributed by atoms with van der Waals surface area (Å²) in [5.41, 5.74) is 2.98. The number of nitrogens with one attached hydrogen (secondary N) is 2. The quantitative estimate of drug-likeness (QED) is 0.630. The highest BCUT2D eigenvalue weighted by Crippen LogP contribution is 2.43. The van der Waals surface area contributed by atoms with Crippen LogP contribution in [-0.2, 0) is 4.79 Å². The lowest BCUT2D eigenvalue weighted by Crippen LogP contribution is -2.51. The molecule has 0 radical (unpaired) electrons. The Morgan fingerprint density at radius 1 is 1.03 bits per heavy atom. The lowest BCUT2D eigenvalue weighted by molar-refractivity contribution is -0.127. The fourth-order valence-corrected chi connectivity index (χ4v) is 4.56. The molecule has 0 unspecified atom stereocenters. The van der Waals surface area contributed by atoms with Crippen LogP contribution in [0.3, 0.4) is 0 Å². The van der Waals surface area contributed by atoms with Crippen LogP contribution >= 0.6 is 11.8 Å². The first-order chi connectivity index (χ1) is 14.3. The van der Waals surface area contributed by atoms with E-state index < -0.39 is 6.04 Å². The maximum Gasteiger partial charge on any atom is 0.255 e. The zero-order valence-corrected chi connectivity index (χ0v) is 16.5. The number of amides is 1. The second kappa shape index (κ2) is 7.29. The van der Waals surface area contributed by atoms with E-state index in [1.807, 2.05) is 41.4 Å². The molecule has 1 amide bonds. The molecule has 2 aliphatic heterocycles. The van der Waals surface area contributed by atoms with Gasteiger partial charge in [-0.1, -0.05) is 78.5 Å². The predicted molar refractivity (Wildman–Crippen MR) is 120 cm³/mol. The third kappa shape index (κ3) is 3.06. The van der Waals surface area contributed by atoms with E-state index in [2.05, 4.69) is 47.5 Å². The number of amidine groups is 1. The third-order valence-electron chi connectivity index (χ3n) is 5.22. The molecule has 5 nitrogen and oxygen atoms in total. The van der Waals surface area contributed by atoms with Gasteiger partial charge in [-0.05, 0) is 16.8 Å². The molecular weight excluding hydrogens is 380 g/mol. The number of nitrogens with zero attached hydrogens (tertiary/aromatic N) is 2. The summed E-state index contributed by atoms with van der Waals surface area (Å²) in [5, 5.41) is 16.2. The van der Waals surface area contributed by atoms with E-state index in [1.165, 1.54) is 11.8 Å². The van der Waals surface area contributed by atoms with E-state index in [4.69, 9.17) is 5.10 Å². The normalized spacial score (nSPS) is 20.2. The SMILES string of the molecule is C=CCSC1=NN2[C@H](C(=O)N1)c1ccccc1N[C@H]2c1cccc2ccccc12. The molecule has 0 aliphatic carbocycles. The number of carbonyl (C=O) groups excluding carboxylic acids is 1. The standard InChI is InChI=1S/C23H20N4OS/c1-2-14-29-23-25-22(28)20-18-11-5-6-13-19(18)24-21(27(20)26-23)17-12-7-9-15-8-3-4-10-16(15)17/h2-13,20-21,24H,1,14H2,(H,25,26,28)/t20-,21+/m0/s1. The molecule has 2 aliphatic rings. The van der Waals surface area contributed by atoms with Gasteiger partial charge in [0.15, 0.2) is 11.2 Å². The van der Waals surface area contributed by atoms with Gasteiger partial charge in [0.25, 0.3) is 5.91 Å². The van der Waals surface area contributed by atoms with Crippen LogP contribution in [0.15, 0.2) is 84.5 Å². The Hall–Kier alpha value is -3.25. The zero-order chi connectivity index (χ0) is 19.8. The number of carbonyl (C=O) groups is 1. The summed E-state index contributed by atoms with van der Waals surface area (Å²) in [6.07, 6.45) is 1.54. The van der Waals surface area contributed by atoms with Crippen molar-refractivity contribution < 1.29 is 4.79 Å². The number of hydrogen-bond donors (Lipinski definition) is 2. The maximum absolute atomic E-state index is 13.1. The average molecular weight is 401 g/mol. The van der Waals surface area contributed by atoms with E-state index in [-0.39, 0.29) is 12.1 Å². The van der Waals surface area contributed by atoms with E-state index in [9.17, 15) is 4.79 Å². The molecule has 0 spiro atoms. The first-order valence-corrected chi connectivity index (χ1v) is 10.5. The minimum absolute atomic E-state index is 0.0641. The van der Waals surface area contributed by atoms with Gasteiger partial charge in [0.2, 0.25) is 0 Å². The van der Waals surface area contributed by atoms with E-state index in [0.29, 0.717) is 10.9 Å². The number of thioether (sulfide) groups is 1. The van der Waals surface area contributed by atoms with Crippen molar-refractivity contribution in [3.05, 3.63) is 90.5 Å². The topological polar surface area (TPSA) is 56.7 Å². The number of rotatable bonds is 3. The largest absolute Gasteiger partial charge is 0.360 e. The van der Waals surface area contributed by atoms with E-state index in [0.717, 1.165) is 27.6 Å². The van der Waals surface area contributed by atoms with Crippen molar-refractivity contribution >= 4 is 39.3 Å². The van der Waals surface area contributed by atoms with Gasteiger partial charge in [-0.3, -0.25) is 9.80 Å². The summed E-state index contributed by atoms with van der Waals surface area (Å²) >= 11 is 1.47. The van der Waals surface area contributed by atoms with Gasteiger partial charge in [-0.25, -0.2) is 0 Å². The number of anilines is 1. The molecule has 3 aromatic rings. The monoisotopic (exact) mass is 400 g/mol. The van der Waals surface area contributed by atoms with E-state index >= 15 is 0 Å². The summed E-state index contributed by atoms with van der Waals surface area (Å²) in [7, 11) is 0. The minimum Gasteiger partial charge on any atom is -0.360 e. The van der Waals surface area contributed by atoms with Crippen molar-refractivity contribution in [3.63, 3.8) is 0 Å². The molecule has 144 valence electrons. The fourth-order valence-electron chi connectivity index (χ4n) is 3.96. The molecule has 0 fully saturated rings. The number of para-hydroxylation sites is 1. The first kappa shape index (κ1) is 17.8. The Morgan fingerprint density at radius 3 is 2.69 bits per heavy atom. The number of hydrogen-bond acceptors (Lipinski definition) is 5. The smallest absolute Gasteiger partial charge is 0.255 e. The lowest BCUT2D eigenvalue weighted by atomic mass is 9.95. The van der Waals surface area contributed by atoms with Crippen molar-refractivity contribution in [1.29, 1.82) is 0 Å². The van der Waals surface area contributed by atoms with Crippen molar-refractivity contribution in [2.75, 3.05) is 11.1 Å². The summed E-state index contributed by atoms with van der Waals surface area (Å²) in [5.74, 6) is 0.617. The van der Waals surface area contributed by atoms with Crippen molar-refractivity contribution in [2.24, 2.45) is 5.10 Å². The van der Waals surface area contributed by atoms with Gasteiger partial charge in [0.05, 0.1) is 0 Å². The molecule has 0 saturated heterocycles. The molecule has 0 saturated carbocycles. The van der Waals surface area contributed by atoms with Crippen molar-refractivity contribution in [2.45, 2.75) is 12.2 Å². The third-order valence-corrected chi connectivity index (χ3v) is 6.08. The minimum atomic E-state index is -0.482. The lowest BCUT2D eigenvalue weighted by Gasteiger charge is -2.44. The Morgan fingerprint density at radius 2 is 1.79 bits per heavy atom. The second-order valence-electron chi connectivity index (χ2n) is 6.98. The van der Waals surface area contributed by atoms with Gasteiger partial charge >= 0.3 is 0 Å². The highest BCUT2D eigenvalue weighted by Gasteiger charge is 2.42. The van der Waals surface area contributed by atoms with Crippen LogP contribution in [0, 0.1) is 0 Å². The second-order valence-corrected chi connectivity index (χ2v) is 7.99. The number of benzene rings is 3. The molecule has 0 bridgehead atoms. The molecule has 0 aromatic heterocycles. The Kier molecular flexibility index (Phi) is 4.48. The summed E-state index contributed by atoms with van der Waals surface area (Å²) < 4.78 is 0. The van der Waals surface area contributed by atoms with Crippen LogP contribution in [0.1, 0.15) is 23.3 Å². The molecule has 5 rings (SSSR count). The first-order valence-electron chi connectivity index (χ1n) is 9.51. The maximum atomic E-state index is 13.1. The number of fused-ring (bicyclic) bond motifs is 4. The average Bonchev–Trinajstić information content (AvgIpc) is 2.76. The van der Waals surface area contributed by atoms with Gasteiger partial charge in [0.1, 0.15) is 6.17 Å². The van der Waals surface area contributed by atoms with E-state index in [1.54, 1.807) is 6.08 Å². The van der Waals surface area contributed by atoms with Crippen LogP contribution in [0.5, 0.6) is 0 Å². The van der Waals surface area contributed by atoms with Crippen LogP contribution in [0.2, 0.25) is 0 Å². The molecular formula is C23H20N4OS. The van der Waals surface area contributed by atoms with Crippen LogP contribution in [0.4, 0.5) is 5.69 Å². The Balaban J connectivity index is 1.68. The molecule has 6 heteroatoms. The summed E-state index contributed by atoms with van der Waals surface area (Å²) in [4.78, 5) is 13.1. The van der Waals surface area contributed by atoms with Gasteiger partial charge < -0.3 is 10.6 Å². The molecule has 2 heterocycles. The summed E-state index contributed by atoms with van der Waals surface area (Å²) in [6.45, 7) is 3.76. The predicted octanol–water partition coefficient (Wildman–Crippen LogP) is 4.63. The van der Waals surface area contributed by atoms with Crippen LogP contribution in [-0.4, -0.2) is 21.8 Å². The highest BCUT2D eigenvalue weighted by atomic mass is 32.2. The summed E-state index contributed by atoms with van der Waals surface area (Å²) in [6, 6.07) is 22.0. The molecule has 2 N–H and O–H groups in total.